The number of hydrogen-bond acceptors (Lipinski definition) is 2. The van der Waals surface area contributed by atoms with Gasteiger partial charge in [-0.2, -0.15) is 0 Å². The summed E-state index contributed by atoms with van der Waals surface area (Å²) in [6.45, 7) is 4.28. The van der Waals surface area contributed by atoms with Crippen molar-refractivity contribution in [2.24, 2.45) is 0 Å². The van der Waals surface area contributed by atoms with Gasteiger partial charge in [-0.05, 0) is 54.2 Å². The van der Waals surface area contributed by atoms with Gasteiger partial charge in [-0.25, -0.2) is 0 Å². The van der Waals surface area contributed by atoms with Crippen LogP contribution in [0.4, 0.5) is 5.69 Å². The molecule has 150 valence electrons. The predicted octanol–water partition coefficient (Wildman–Crippen LogP) is 6.64. The van der Waals surface area contributed by atoms with Gasteiger partial charge < -0.3 is 0 Å². The summed E-state index contributed by atoms with van der Waals surface area (Å²) in [4.78, 5) is 28.0. The average molecular weight is 428 g/mol. The maximum Gasteiger partial charge on any atom is 0.232 e. The fourth-order valence-corrected chi connectivity index (χ4v) is 5.05. The molecule has 1 atom stereocenters. The molecule has 5 heteroatoms. The summed E-state index contributed by atoms with van der Waals surface area (Å²) in [7, 11) is 0. The highest BCUT2D eigenvalue weighted by molar-refractivity contribution is 6.36. The molecule has 0 fully saturated rings. The zero-order valence-electron chi connectivity index (χ0n) is 16.5. The van der Waals surface area contributed by atoms with E-state index < -0.39 is 5.92 Å². The Morgan fingerprint density at radius 3 is 2.24 bits per heavy atom. The molecule has 0 aromatic heterocycles. The molecule has 3 nitrogen and oxygen atoms in total. The molecular weight excluding hydrogens is 405 g/mol. The molecule has 4 rings (SSSR count). The van der Waals surface area contributed by atoms with Crippen molar-refractivity contribution in [3.63, 3.8) is 0 Å². The van der Waals surface area contributed by atoms with Crippen LogP contribution in [0.3, 0.4) is 0 Å². The van der Waals surface area contributed by atoms with Crippen molar-refractivity contribution >= 4 is 40.6 Å². The van der Waals surface area contributed by atoms with Crippen molar-refractivity contribution in [3.05, 3.63) is 74.9 Å². The van der Waals surface area contributed by atoms with Crippen LogP contribution in [-0.2, 0) is 9.59 Å². The third-order valence-electron chi connectivity index (χ3n) is 5.84. The first kappa shape index (κ1) is 20.2. The molecule has 0 bridgehead atoms. The summed E-state index contributed by atoms with van der Waals surface area (Å²) in [6.07, 6.45) is 2.11. The van der Waals surface area contributed by atoms with Gasteiger partial charge in [0.1, 0.15) is 0 Å². The van der Waals surface area contributed by atoms with Crippen LogP contribution in [0, 0.1) is 0 Å². The normalized spacial score (nSPS) is 19.8. The third kappa shape index (κ3) is 3.62. The van der Waals surface area contributed by atoms with Gasteiger partial charge in [0.05, 0.1) is 0 Å². The Morgan fingerprint density at radius 1 is 0.966 bits per heavy atom. The molecule has 1 aliphatic heterocycles. The predicted molar refractivity (Wildman–Crippen MR) is 118 cm³/mol. The van der Waals surface area contributed by atoms with Crippen LogP contribution in [0.1, 0.15) is 62.5 Å². The van der Waals surface area contributed by atoms with E-state index in [9.17, 15) is 9.59 Å². The lowest BCUT2D eigenvalue weighted by atomic mass is 9.77. The number of anilines is 1. The Bertz CT molecular complexity index is 988. The van der Waals surface area contributed by atoms with Gasteiger partial charge >= 0.3 is 0 Å². The second-order valence-corrected chi connectivity index (χ2v) is 8.82. The number of nitrogens with zero attached hydrogens (tertiary/aromatic N) is 1. The van der Waals surface area contributed by atoms with Gasteiger partial charge in [0.2, 0.25) is 5.91 Å². The molecule has 2 aliphatic rings. The summed E-state index contributed by atoms with van der Waals surface area (Å²) in [6, 6.07) is 13.3. The Morgan fingerprint density at radius 2 is 1.62 bits per heavy atom. The Hall–Kier alpha value is -2.10. The molecular formula is C24H23Cl2NO2. The SMILES string of the molecule is CC(C)c1ccc(N2C(=O)CC(c3c(Cl)cccc3Cl)C3=C2CCCC3=O)cc1. The number of carbonyl (C=O) groups excluding carboxylic acids is 2. The minimum Gasteiger partial charge on any atom is -0.294 e. The van der Waals surface area contributed by atoms with E-state index in [1.165, 1.54) is 5.56 Å². The first-order valence-corrected chi connectivity index (χ1v) is 10.8. The number of amides is 1. The van der Waals surface area contributed by atoms with Crippen LogP contribution in [0.15, 0.2) is 53.7 Å². The third-order valence-corrected chi connectivity index (χ3v) is 6.50. The zero-order chi connectivity index (χ0) is 20.7. The van der Waals surface area contributed by atoms with Crippen molar-refractivity contribution in [1.82, 2.24) is 0 Å². The molecule has 2 aromatic rings. The second-order valence-electron chi connectivity index (χ2n) is 8.00. The number of ketones is 1. The maximum absolute atomic E-state index is 13.3. The van der Waals surface area contributed by atoms with Crippen LogP contribution < -0.4 is 4.90 Å². The smallest absolute Gasteiger partial charge is 0.232 e. The molecule has 1 heterocycles. The number of benzene rings is 2. The van der Waals surface area contributed by atoms with Gasteiger partial charge in [0.25, 0.3) is 0 Å². The van der Waals surface area contributed by atoms with Gasteiger partial charge in [0, 0.05) is 45.8 Å². The van der Waals surface area contributed by atoms with E-state index in [4.69, 9.17) is 23.2 Å². The van der Waals surface area contributed by atoms with Crippen LogP contribution in [0.25, 0.3) is 0 Å². The van der Waals surface area contributed by atoms with E-state index in [1.807, 2.05) is 12.1 Å². The van der Waals surface area contributed by atoms with Gasteiger partial charge in [0.15, 0.2) is 5.78 Å². The quantitative estimate of drug-likeness (QED) is 0.549. The van der Waals surface area contributed by atoms with Gasteiger partial charge in [-0.15, -0.1) is 0 Å². The molecule has 0 radical (unpaired) electrons. The molecule has 0 saturated heterocycles. The fourth-order valence-electron chi connectivity index (χ4n) is 4.39. The lowest BCUT2D eigenvalue weighted by molar-refractivity contribution is -0.119. The topological polar surface area (TPSA) is 37.4 Å². The van der Waals surface area contributed by atoms with E-state index in [-0.39, 0.29) is 18.1 Å². The minimum atomic E-state index is -0.391. The Kier molecular flexibility index (Phi) is 5.54. The number of allylic oxidation sites excluding steroid dienone is 2. The first-order valence-electron chi connectivity index (χ1n) is 10.0. The number of Topliss-reactive ketones (excluding diaryl/α,β-unsaturated/α-hetero) is 1. The standard InChI is InChI=1S/C24H23Cl2NO2/c1-14(2)15-9-11-16(12-10-15)27-20-7-4-8-21(28)24(20)17(13-22(27)29)23-18(25)5-3-6-19(23)26/h3,5-6,9-12,14,17H,4,7-8,13H2,1-2H3. The van der Waals surface area contributed by atoms with E-state index in [1.54, 1.807) is 23.1 Å². The van der Waals surface area contributed by atoms with E-state index in [2.05, 4.69) is 26.0 Å². The van der Waals surface area contributed by atoms with Crippen molar-refractivity contribution < 1.29 is 9.59 Å². The van der Waals surface area contributed by atoms with Crippen molar-refractivity contribution in [2.45, 2.75) is 51.4 Å². The number of carbonyl (C=O) groups is 2. The van der Waals surface area contributed by atoms with Crippen LogP contribution in [0.5, 0.6) is 0 Å². The Balaban J connectivity index is 1.85. The molecule has 0 spiro atoms. The lowest BCUT2D eigenvalue weighted by Gasteiger charge is -2.38. The number of rotatable bonds is 3. The highest BCUT2D eigenvalue weighted by Gasteiger charge is 2.41. The molecule has 29 heavy (non-hydrogen) atoms. The largest absolute Gasteiger partial charge is 0.294 e. The molecule has 0 N–H and O–H groups in total. The van der Waals surface area contributed by atoms with Gasteiger partial charge in [-0.1, -0.05) is 55.2 Å². The van der Waals surface area contributed by atoms with E-state index in [0.29, 0.717) is 39.9 Å². The maximum atomic E-state index is 13.3. The summed E-state index contributed by atoms with van der Waals surface area (Å²) in [5.41, 5.74) is 4.20. The van der Waals surface area contributed by atoms with E-state index >= 15 is 0 Å². The lowest BCUT2D eigenvalue weighted by Crippen LogP contribution is -2.40. The molecule has 1 amide bonds. The van der Waals surface area contributed by atoms with Crippen LogP contribution in [0.2, 0.25) is 10.0 Å². The number of hydrogen-bond donors (Lipinski definition) is 0. The number of halogens is 2. The second kappa shape index (κ2) is 7.97. The molecule has 1 unspecified atom stereocenters. The summed E-state index contributed by atoms with van der Waals surface area (Å²) >= 11 is 12.9. The fraction of sp³-hybridized carbons (Fsp3) is 0.333. The average Bonchev–Trinajstić information content (AvgIpc) is 2.68. The Labute approximate surface area is 181 Å². The van der Waals surface area contributed by atoms with Crippen LogP contribution in [-0.4, -0.2) is 11.7 Å². The van der Waals surface area contributed by atoms with Crippen molar-refractivity contribution in [2.75, 3.05) is 4.90 Å². The molecule has 0 saturated carbocycles. The summed E-state index contributed by atoms with van der Waals surface area (Å²) < 4.78 is 0. The zero-order valence-corrected chi connectivity index (χ0v) is 18.1. The highest BCUT2D eigenvalue weighted by atomic mass is 35.5. The van der Waals surface area contributed by atoms with Crippen molar-refractivity contribution in [3.8, 4) is 0 Å². The minimum absolute atomic E-state index is 0.0308. The molecule has 1 aliphatic carbocycles. The summed E-state index contributed by atoms with van der Waals surface area (Å²) in [5.74, 6) is 0.0804. The van der Waals surface area contributed by atoms with E-state index in [0.717, 1.165) is 17.8 Å². The highest BCUT2D eigenvalue weighted by Crippen LogP contribution is 2.46. The van der Waals surface area contributed by atoms with Gasteiger partial charge in [-0.3, -0.25) is 14.5 Å². The summed E-state index contributed by atoms with van der Waals surface area (Å²) in [5, 5.41) is 0.991. The molecule has 2 aromatic carbocycles. The first-order chi connectivity index (χ1) is 13.9. The van der Waals surface area contributed by atoms with Crippen molar-refractivity contribution in [1.29, 1.82) is 0 Å². The monoisotopic (exact) mass is 427 g/mol. The van der Waals surface area contributed by atoms with Crippen LogP contribution >= 0.6 is 23.2 Å².